The Labute approximate surface area is 138 Å². The van der Waals surface area contributed by atoms with Crippen LogP contribution in [0.2, 0.25) is 5.02 Å². The summed E-state index contributed by atoms with van der Waals surface area (Å²) in [7, 11) is 0. The zero-order chi connectivity index (χ0) is 16.7. The summed E-state index contributed by atoms with van der Waals surface area (Å²) < 4.78 is 5.35. The lowest BCUT2D eigenvalue weighted by Crippen LogP contribution is -2.24. The van der Waals surface area contributed by atoms with E-state index in [2.05, 4.69) is 5.32 Å². The number of non-ortho nitro benzene ring substituents is 1. The number of nitrogens with one attached hydrogen (secondary N) is 1. The largest absolute Gasteiger partial charge is 0.493 e. The number of benzene rings is 2. The standard InChI is InChI=1S/C16H15ClN2O4/c17-13-6-4-12(5-7-13)11-18-16(20)8-9-23-15-3-1-2-14(10-15)19(21)22/h1-7,10H,8-9,11H2,(H,18,20). The van der Waals surface area contributed by atoms with Crippen LogP contribution in [0, 0.1) is 10.1 Å². The minimum atomic E-state index is -0.494. The Morgan fingerprint density at radius 2 is 1.96 bits per heavy atom. The first-order chi connectivity index (χ1) is 11.0. The minimum absolute atomic E-state index is 0.0466. The molecular weight excluding hydrogens is 320 g/mol. The van der Waals surface area contributed by atoms with Crippen molar-refractivity contribution in [1.29, 1.82) is 0 Å². The van der Waals surface area contributed by atoms with Crippen LogP contribution in [0.4, 0.5) is 5.69 Å². The molecule has 0 saturated carbocycles. The SMILES string of the molecule is O=C(CCOc1cccc([N+](=O)[O-])c1)NCc1ccc(Cl)cc1. The number of ether oxygens (including phenoxy) is 1. The predicted octanol–water partition coefficient (Wildman–Crippen LogP) is 3.33. The van der Waals surface area contributed by atoms with Gasteiger partial charge < -0.3 is 10.1 Å². The van der Waals surface area contributed by atoms with E-state index in [0.717, 1.165) is 5.56 Å². The molecule has 0 atom stereocenters. The van der Waals surface area contributed by atoms with Crippen LogP contribution in [-0.4, -0.2) is 17.4 Å². The summed E-state index contributed by atoms with van der Waals surface area (Å²) >= 11 is 5.79. The summed E-state index contributed by atoms with van der Waals surface area (Å²) in [6, 6.07) is 13.0. The number of rotatable bonds is 7. The lowest BCUT2D eigenvalue weighted by Gasteiger charge is -2.07. The Bertz CT molecular complexity index is 689. The van der Waals surface area contributed by atoms with Gasteiger partial charge in [-0.05, 0) is 23.8 Å². The Morgan fingerprint density at radius 3 is 2.65 bits per heavy atom. The molecule has 7 heteroatoms. The molecule has 0 saturated heterocycles. The molecule has 0 aliphatic heterocycles. The maximum atomic E-state index is 11.7. The minimum Gasteiger partial charge on any atom is -0.493 e. The van der Waals surface area contributed by atoms with Crippen molar-refractivity contribution in [2.45, 2.75) is 13.0 Å². The van der Waals surface area contributed by atoms with E-state index in [9.17, 15) is 14.9 Å². The van der Waals surface area contributed by atoms with Crippen LogP contribution in [0.1, 0.15) is 12.0 Å². The van der Waals surface area contributed by atoms with Gasteiger partial charge in [0, 0.05) is 17.6 Å². The van der Waals surface area contributed by atoms with Crippen molar-refractivity contribution in [3.05, 3.63) is 69.2 Å². The third-order valence-corrected chi connectivity index (χ3v) is 3.28. The highest BCUT2D eigenvalue weighted by Crippen LogP contribution is 2.19. The molecule has 120 valence electrons. The number of carbonyl (C=O) groups excluding carboxylic acids is 1. The monoisotopic (exact) mass is 334 g/mol. The predicted molar refractivity (Wildman–Crippen MR) is 86.5 cm³/mol. The quantitative estimate of drug-likeness (QED) is 0.622. The molecular formula is C16H15ClN2O4. The van der Waals surface area contributed by atoms with Gasteiger partial charge in [0.1, 0.15) is 5.75 Å². The maximum absolute atomic E-state index is 11.7. The third-order valence-electron chi connectivity index (χ3n) is 3.03. The van der Waals surface area contributed by atoms with E-state index in [1.165, 1.54) is 18.2 Å². The van der Waals surface area contributed by atoms with E-state index in [0.29, 0.717) is 17.3 Å². The lowest BCUT2D eigenvalue weighted by molar-refractivity contribution is -0.384. The number of amides is 1. The number of hydrogen-bond acceptors (Lipinski definition) is 4. The fourth-order valence-electron chi connectivity index (χ4n) is 1.84. The second-order valence-corrected chi connectivity index (χ2v) is 5.19. The Balaban J connectivity index is 1.73. The van der Waals surface area contributed by atoms with E-state index in [-0.39, 0.29) is 24.6 Å². The van der Waals surface area contributed by atoms with Crippen molar-refractivity contribution >= 4 is 23.2 Å². The van der Waals surface area contributed by atoms with Crippen molar-refractivity contribution in [3.8, 4) is 5.75 Å². The van der Waals surface area contributed by atoms with Gasteiger partial charge in [0.2, 0.25) is 5.91 Å². The highest BCUT2D eigenvalue weighted by atomic mass is 35.5. The smallest absolute Gasteiger partial charge is 0.273 e. The fourth-order valence-corrected chi connectivity index (χ4v) is 1.97. The van der Waals surface area contributed by atoms with Crippen molar-refractivity contribution in [3.63, 3.8) is 0 Å². The number of hydrogen-bond donors (Lipinski definition) is 1. The van der Waals surface area contributed by atoms with Crippen LogP contribution >= 0.6 is 11.6 Å². The van der Waals surface area contributed by atoms with E-state index < -0.39 is 4.92 Å². The van der Waals surface area contributed by atoms with Gasteiger partial charge in [-0.1, -0.05) is 29.8 Å². The average Bonchev–Trinajstić information content (AvgIpc) is 2.54. The first-order valence-corrected chi connectivity index (χ1v) is 7.31. The fraction of sp³-hybridized carbons (Fsp3) is 0.188. The first-order valence-electron chi connectivity index (χ1n) is 6.93. The molecule has 0 bridgehead atoms. The summed E-state index contributed by atoms with van der Waals surface area (Å²) in [6.07, 6.45) is 0.163. The van der Waals surface area contributed by atoms with E-state index in [1.54, 1.807) is 18.2 Å². The van der Waals surface area contributed by atoms with Gasteiger partial charge in [0.05, 0.1) is 24.0 Å². The summed E-state index contributed by atoms with van der Waals surface area (Å²) in [5.74, 6) is 0.204. The topological polar surface area (TPSA) is 81.5 Å². The molecule has 1 N–H and O–H groups in total. The molecule has 0 aromatic heterocycles. The van der Waals surface area contributed by atoms with Gasteiger partial charge in [-0.15, -0.1) is 0 Å². The highest BCUT2D eigenvalue weighted by Gasteiger charge is 2.07. The summed E-state index contributed by atoms with van der Waals surface area (Å²) in [6.45, 7) is 0.556. The van der Waals surface area contributed by atoms with E-state index in [1.807, 2.05) is 12.1 Å². The highest BCUT2D eigenvalue weighted by molar-refractivity contribution is 6.30. The molecule has 2 aromatic carbocycles. The molecule has 2 aromatic rings. The van der Waals surface area contributed by atoms with Crippen molar-refractivity contribution in [1.82, 2.24) is 5.32 Å². The molecule has 0 aliphatic carbocycles. The number of nitrogens with zero attached hydrogens (tertiary/aromatic N) is 1. The number of carbonyl (C=O) groups is 1. The summed E-state index contributed by atoms with van der Waals surface area (Å²) in [5, 5.41) is 14.1. The zero-order valence-electron chi connectivity index (χ0n) is 12.2. The second-order valence-electron chi connectivity index (χ2n) is 4.76. The average molecular weight is 335 g/mol. The van der Waals surface area contributed by atoms with Gasteiger partial charge in [-0.25, -0.2) is 0 Å². The van der Waals surface area contributed by atoms with Crippen LogP contribution in [0.15, 0.2) is 48.5 Å². The van der Waals surface area contributed by atoms with Crippen LogP contribution < -0.4 is 10.1 Å². The Morgan fingerprint density at radius 1 is 1.22 bits per heavy atom. The molecule has 23 heavy (non-hydrogen) atoms. The molecule has 0 spiro atoms. The van der Waals surface area contributed by atoms with Crippen LogP contribution in [0.25, 0.3) is 0 Å². The van der Waals surface area contributed by atoms with Crippen LogP contribution in [-0.2, 0) is 11.3 Å². The van der Waals surface area contributed by atoms with Gasteiger partial charge in [-0.2, -0.15) is 0 Å². The molecule has 2 rings (SSSR count). The van der Waals surface area contributed by atoms with Gasteiger partial charge >= 0.3 is 0 Å². The third kappa shape index (κ3) is 5.60. The second kappa shape index (κ2) is 8.14. The van der Waals surface area contributed by atoms with Crippen molar-refractivity contribution in [2.75, 3.05) is 6.61 Å². The molecule has 0 heterocycles. The molecule has 0 radical (unpaired) electrons. The maximum Gasteiger partial charge on any atom is 0.273 e. The normalized spacial score (nSPS) is 10.1. The first kappa shape index (κ1) is 16.8. The Hall–Kier alpha value is -2.60. The molecule has 0 unspecified atom stereocenters. The molecule has 1 amide bonds. The van der Waals surface area contributed by atoms with Crippen LogP contribution in [0.5, 0.6) is 5.75 Å². The van der Waals surface area contributed by atoms with Gasteiger partial charge in [0.15, 0.2) is 0 Å². The molecule has 0 aliphatic rings. The molecule has 0 fully saturated rings. The number of halogens is 1. The van der Waals surface area contributed by atoms with Crippen molar-refractivity contribution < 1.29 is 14.5 Å². The van der Waals surface area contributed by atoms with E-state index >= 15 is 0 Å². The lowest BCUT2D eigenvalue weighted by atomic mass is 10.2. The summed E-state index contributed by atoms with van der Waals surface area (Å²) in [5.41, 5.74) is 0.900. The number of nitro benzene ring substituents is 1. The van der Waals surface area contributed by atoms with Crippen molar-refractivity contribution in [2.24, 2.45) is 0 Å². The van der Waals surface area contributed by atoms with Gasteiger partial charge in [0.25, 0.3) is 5.69 Å². The van der Waals surface area contributed by atoms with Crippen LogP contribution in [0.3, 0.4) is 0 Å². The Kier molecular flexibility index (Phi) is 5.94. The summed E-state index contributed by atoms with van der Waals surface area (Å²) in [4.78, 5) is 21.9. The number of nitro groups is 1. The van der Waals surface area contributed by atoms with Gasteiger partial charge in [-0.3, -0.25) is 14.9 Å². The zero-order valence-corrected chi connectivity index (χ0v) is 13.0. The molecule has 6 nitrogen and oxygen atoms in total. The van der Waals surface area contributed by atoms with E-state index in [4.69, 9.17) is 16.3 Å².